The lowest BCUT2D eigenvalue weighted by Crippen LogP contribution is -2.48. The van der Waals surface area contributed by atoms with Gasteiger partial charge in [-0.2, -0.15) is 0 Å². The molecule has 1 aromatic rings. The summed E-state index contributed by atoms with van der Waals surface area (Å²) in [5, 5.41) is 9.92. The van der Waals surface area contributed by atoms with Gasteiger partial charge in [0.05, 0.1) is 11.2 Å². The Morgan fingerprint density at radius 1 is 1.47 bits per heavy atom. The van der Waals surface area contributed by atoms with E-state index in [9.17, 15) is 14.3 Å². The molecular weight excluding hydrogens is 221 g/mol. The van der Waals surface area contributed by atoms with Crippen LogP contribution in [0.3, 0.4) is 0 Å². The first kappa shape index (κ1) is 12.0. The zero-order valence-corrected chi connectivity index (χ0v) is 9.82. The average molecular weight is 237 g/mol. The lowest BCUT2D eigenvalue weighted by molar-refractivity contribution is -0.0109. The molecule has 1 unspecified atom stereocenters. The number of rotatable bonds is 1. The van der Waals surface area contributed by atoms with Crippen molar-refractivity contribution in [1.29, 1.82) is 0 Å². The van der Waals surface area contributed by atoms with Gasteiger partial charge in [0.2, 0.25) is 0 Å². The second-order valence-electron chi connectivity index (χ2n) is 4.81. The highest BCUT2D eigenvalue weighted by atomic mass is 19.1. The topological polar surface area (TPSA) is 40.5 Å². The maximum atomic E-state index is 13.5. The van der Waals surface area contributed by atoms with Gasteiger partial charge in [-0.3, -0.25) is 4.79 Å². The van der Waals surface area contributed by atoms with E-state index < -0.39 is 11.4 Å². The number of aliphatic hydroxyl groups is 1. The summed E-state index contributed by atoms with van der Waals surface area (Å²) in [7, 11) is 0. The minimum absolute atomic E-state index is 0.0743. The van der Waals surface area contributed by atoms with Crippen molar-refractivity contribution in [2.24, 2.45) is 0 Å². The number of piperidine rings is 1. The number of hydrogen-bond donors (Lipinski definition) is 1. The molecular formula is C13H16FNO2. The quantitative estimate of drug-likeness (QED) is 0.809. The fraction of sp³-hybridized carbons (Fsp3) is 0.462. The molecule has 0 spiro atoms. The minimum atomic E-state index is -0.862. The molecule has 0 aliphatic carbocycles. The van der Waals surface area contributed by atoms with Crippen molar-refractivity contribution in [2.45, 2.75) is 25.4 Å². The summed E-state index contributed by atoms with van der Waals surface area (Å²) < 4.78 is 13.5. The van der Waals surface area contributed by atoms with E-state index in [4.69, 9.17) is 0 Å². The van der Waals surface area contributed by atoms with Crippen LogP contribution in [0.25, 0.3) is 0 Å². The van der Waals surface area contributed by atoms with Crippen molar-refractivity contribution < 1.29 is 14.3 Å². The molecule has 1 aliphatic rings. The van der Waals surface area contributed by atoms with Crippen molar-refractivity contribution in [3.63, 3.8) is 0 Å². The fourth-order valence-corrected chi connectivity index (χ4v) is 2.20. The molecule has 1 saturated heterocycles. The molecule has 4 heteroatoms. The van der Waals surface area contributed by atoms with Crippen LogP contribution in [0.15, 0.2) is 24.3 Å². The first-order chi connectivity index (χ1) is 7.99. The molecule has 1 aromatic carbocycles. The first-order valence-electron chi connectivity index (χ1n) is 5.76. The van der Waals surface area contributed by atoms with Crippen LogP contribution in [0.4, 0.5) is 4.39 Å². The van der Waals surface area contributed by atoms with Crippen LogP contribution < -0.4 is 0 Å². The van der Waals surface area contributed by atoms with E-state index in [0.29, 0.717) is 13.0 Å². The normalized spacial score (nSPS) is 24.8. The van der Waals surface area contributed by atoms with Gasteiger partial charge in [-0.1, -0.05) is 12.1 Å². The molecule has 92 valence electrons. The number of nitrogens with zero attached hydrogens (tertiary/aromatic N) is 1. The molecule has 1 N–H and O–H groups in total. The van der Waals surface area contributed by atoms with Crippen LogP contribution in [0.1, 0.15) is 30.1 Å². The van der Waals surface area contributed by atoms with Crippen LogP contribution in [0.2, 0.25) is 0 Å². The third kappa shape index (κ3) is 2.64. The number of carbonyl (C=O) groups is 1. The Bertz CT molecular complexity index is 431. The van der Waals surface area contributed by atoms with Gasteiger partial charge in [-0.25, -0.2) is 4.39 Å². The van der Waals surface area contributed by atoms with Crippen molar-refractivity contribution in [1.82, 2.24) is 4.90 Å². The van der Waals surface area contributed by atoms with Gasteiger partial charge < -0.3 is 10.0 Å². The number of amides is 1. The molecule has 0 aromatic heterocycles. The molecule has 0 bridgehead atoms. The van der Waals surface area contributed by atoms with Crippen LogP contribution in [0, 0.1) is 5.82 Å². The van der Waals surface area contributed by atoms with E-state index in [2.05, 4.69) is 0 Å². The number of hydrogen-bond acceptors (Lipinski definition) is 2. The highest BCUT2D eigenvalue weighted by Gasteiger charge is 2.31. The van der Waals surface area contributed by atoms with E-state index in [1.54, 1.807) is 19.1 Å². The number of benzene rings is 1. The Balaban J connectivity index is 2.18. The van der Waals surface area contributed by atoms with Crippen LogP contribution in [-0.4, -0.2) is 34.6 Å². The highest BCUT2D eigenvalue weighted by molar-refractivity contribution is 5.94. The number of likely N-dealkylation sites (tertiary alicyclic amines) is 1. The molecule has 3 nitrogen and oxygen atoms in total. The Morgan fingerprint density at radius 2 is 2.18 bits per heavy atom. The SMILES string of the molecule is CC1(O)CCCN(C(=O)c2ccccc2F)C1. The zero-order chi connectivity index (χ0) is 12.5. The Labute approximate surface area is 99.9 Å². The average Bonchev–Trinajstić information content (AvgIpc) is 2.27. The second-order valence-corrected chi connectivity index (χ2v) is 4.81. The molecule has 2 rings (SSSR count). The maximum absolute atomic E-state index is 13.5. The molecule has 17 heavy (non-hydrogen) atoms. The lowest BCUT2D eigenvalue weighted by Gasteiger charge is -2.36. The van der Waals surface area contributed by atoms with Gasteiger partial charge in [-0.15, -0.1) is 0 Å². The van der Waals surface area contributed by atoms with Gasteiger partial charge in [0.15, 0.2) is 0 Å². The molecule has 1 heterocycles. The van der Waals surface area contributed by atoms with Crippen LogP contribution >= 0.6 is 0 Å². The van der Waals surface area contributed by atoms with Crippen LogP contribution in [-0.2, 0) is 0 Å². The standard InChI is InChI=1S/C13H16FNO2/c1-13(17)7-4-8-15(9-13)12(16)10-5-2-3-6-11(10)14/h2-3,5-6,17H,4,7-9H2,1H3. The summed E-state index contributed by atoms with van der Waals surface area (Å²) in [6.45, 7) is 2.54. The van der Waals surface area contributed by atoms with E-state index in [1.807, 2.05) is 0 Å². The Hall–Kier alpha value is -1.42. The largest absolute Gasteiger partial charge is 0.388 e. The molecule has 1 aliphatic heterocycles. The zero-order valence-electron chi connectivity index (χ0n) is 9.82. The van der Waals surface area contributed by atoms with Crippen molar-refractivity contribution in [3.05, 3.63) is 35.6 Å². The molecule has 0 radical (unpaired) electrons. The van der Waals surface area contributed by atoms with E-state index >= 15 is 0 Å². The van der Waals surface area contributed by atoms with Crippen molar-refractivity contribution in [3.8, 4) is 0 Å². The monoisotopic (exact) mass is 237 g/mol. The predicted molar refractivity (Wildman–Crippen MR) is 62.2 cm³/mol. The predicted octanol–water partition coefficient (Wildman–Crippen LogP) is 1.81. The molecule has 0 saturated carbocycles. The molecule has 1 atom stereocenters. The van der Waals surface area contributed by atoms with E-state index in [0.717, 1.165) is 6.42 Å². The van der Waals surface area contributed by atoms with Crippen molar-refractivity contribution >= 4 is 5.91 Å². The maximum Gasteiger partial charge on any atom is 0.256 e. The summed E-state index contributed by atoms with van der Waals surface area (Å²) >= 11 is 0. The lowest BCUT2D eigenvalue weighted by atomic mass is 9.94. The van der Waals surface area contributed by atoms with Gasteiger partial charge in [0.25, 0.3) is 5.91 Å². The number of halogens is 1. The fourth-order valence-electron chi connectivity index (χ4n) is 2.20. The van der Waals surface area contributed by atoms with E-state index in [-0.39, 0.29) is 18.0 Å². The number of β-amino-alcohol motifs (C(OH)–C–C–N with tert-alkyl or cyclic N) is 1. The van der Waals surface area contributed by atoms with E-state index in [1.165, 1.54) is 17.0 Å². The van der Waals surface area contributed by atoms with Gasteiger partial charge >= 0.3 is 0 Å². The summed E-state index contributed by atoms with van der Waals surface area (Å²) in [6, 6.07) is 5.94. The summed E-state index contributed by atoms with van der Waals surface area (Å²) in [5.41, 5.74) is -0.788. The third-order valence-electron chi connectivity index (χ3n) is 3.07. The van der Waals surface area contributed by atoms with Crippen molar-refractivity contribution in [2.75, 3.05) is 13.1 Å². The highest BCUT2D eigenvalue weighted by Crippen LogP contribution is 2.22. The summed E-state index contributed by atoms with van der Waals surface area (Å²) in [4.78, 5) is 13.6. The Kier molecular flexibility index (Phi) is 3.15. The van der Waals surface area contributed by atoms with Gasteiger partial charge in [0, 0.05) is 13.1 Å². The smallest absolute Gasteiger partial charge is 0.256 e. The molecule has 1 amide bonds. The molecule has 1 fully saturated rings. The van der Waals surface area contributed by atoms with Gasteiger partial charge in [-0.05, 0) is 31.9 Å². The third-order valence-corrected chi connectivity index (χ3v) is 3.07. The van der Waals surface area contributed by atoms with Gasteiger partial charge in [0.1, 0.15) is 5.82 Å². The second kappa shape index (κ2) is 4.45. The minimum Gasteiger partial charge on any atom is -0.388 e. The number of carbonyl (C=O) groups excluding carboxylic acids is 1. The summed E-state index contributed by atoms with van der Waals surface area (Å²) in [6.07, 6.45) is 1.42. The summed E-state index contributed by atoms with van der Waals surface area (Å²) in [5.74, 6) is -0.856. The van der Waals surface area contributed by atoms with Crippen LogP contribution in [0.5, 0.6) is 0 Å². The Morgan fingerprint density at radius 3 is 2.82 bits per heavy atom. The first-order valence-corrected chi connectivity index (χ1v) is 5.76.